The van der Waals surface area contributed by atoms with Crippen LogP contribution in [0.5, 0.6) is 0 Å². The Hall–Kier alpha value is -3.02. The topological polar surface area (TPSA) is 79.8 Å². The molecule has 0 spiro atoms. The van der Waals surface area contributed by atoms with Crippen LogP contribution in [0.3, 0.4) is 0 Å². The molecule has 2 heterocycles. The third-order valence-corrected chi connectivity index (χ3v) is 3.34. The van der Waals surface area contributed by atoms with Gasteiger partial charge in [-0.25, -0.2) is 0 Å². The van der Waals surface area contributed by atoms with Crippen molar-refractivity contribution >= 4 is 34.1 Å². The lowest BCUT2D eigenvalue weighted by molar-refractivity contribution is -0.118. The zero-order valence-electron chi connectivity index (χ0n) is 12.9. The van der Waals surface area contributed by atoms with Gasteiger partial charge in [0.15, 0.2) is 11.6 Å². The van der Waals surface area contributed by atoms with Gasteiger partial charge < -0.3 is 10.6 Å². The molecule has 0 atom stereocenters. The molecule has 0 fully saturated rings. The molecule has 0 unspecified atom stereocenters. The summed E-state index contributed by atoms with van der Waals surface area (Å²) in [6.07, 6.45) is 1.75. The lowest BCUT2D eigenvalue weighted by Crippen LogP contribution is -2.18. The lowest BCUT2D eigenvalue weighted by Gasteiger charge is -2.09. The van der Waals surface area contributed by atoms with Gasteiger partial charge in [0, 0.05) is 17.5 Å². The molecule has 0 bridgehead atoms. The van der Waals surface area contributed by atoms with Crippen LogP contribution in [0.4, 0.5) is 17.3 Å². The quantitative estimate of drug-likeness (QED) is 0.772. The standard InChI is InChI=1S/C17H17N5O/c1-11(2)17(23)20-15-9-8-14(21-22-15)19-13-7-3-5-12-6-4-10-18-16(12)13/h3-11H,1-2H3,(H,19,21)(H,20,22,23). The fourth-order valence-corrected chi connectivity index (χ4v) is 2.08. The Balaban J connectivity index is 1.79. The van der Waals surface area contributed by atoms with Crippen molar-refractivity contribution in [3.05, 3.63) is 48.7 Å². The van der Waals surface area contributed by atoms with Crippen molar-refractivity contribution in [3.63, 3.8) is 0 Å². The number of pyridine rings is 1. The molecular weight excluding hydrogens is 290 g/mol. The maximum atomic E-state index is 11.6. The van der Waals surface area contributed by atoms with E-state index in [9.17, 15) is 4.79 Å². The van der Waals surface area contributed by atoms with E-state index in [4.69, 9.17) is 0 Å². The molecule has 0 saturated carbocycles. The van der Waals surface area contributed by atoms with E-state index < -0.39 is 0 Å². The minimum atomic E-state index is -0.101. The average molecular weight is 307 g/mol. The largest absolute Gasteiger partial charge is 0.337 e. The van der Waals surface area contributed by atoms with Crippen molar-refractivity contribution in [2.24, 2.45) is 5.92 Å². The highest BCUT2D eigenvalue weighted by Gasteiger charge is 2.08. The van der Waals surface area contributed by atoms with Gasteiger partial charge in [0.2, 0.25) is 5.91 Å². The zero-order valence-corrected chi connectivity index (χ0v) is 12.9. The first-order valence-corrected chi connectivity index (χ1v) is 7.39. The Morgan fingerprint density at radius 3 is 2.48 bits per heavy atom. The summed E-state index contributed by atoms with van der Waals surface area (Å²) in [6, 6.07) is 13.3. The number of rotatable bonds is 4. The summed E-state index contributed by atoms with van der Waals surface area (Å²) in [6.45, 7) is 3.65. The summed E-state index contributed by atoms with van der Waals surface area (Å²) in [7, 11) is 0. The van der Waals surface area contributed by atoms with E-state index >= 15 is 0 Å². The molecule has 1 amide bonds. The van der Waals surface area contributed by atoms with Crippen LogP contribution in [0.25, 0.3) is 10.9 Å². The second-order valence-electron chi connectivity index (χ2n) is 5.45. The van der Waals surface area contributed by atoms with E-state index in [-0.39, 0.29) is 11.8 Å². The van der Waals surface area contributed by atoms with Gasteiger partial charge in [0.25, 0.3) is 0 Å². The van der Waals surface area contributed by atoms with Crippen molar-refractivity contribution in [2.45, 2.75) is 13.8 Å². The molecule has 6 heteroatoms. The Kier molecular flexibility index (Phi) is 4.14. The number of hydrogen-bond acceptors (Lipinski definition) is 5. The Morgan fingerprint density at radius 2 is 1.74 bits per heavy atom. The number of carbonyl (C=O) groups excluding carboxylic acids is 1. The number of carbonyl (C=O) groups is 1. The first-order chi connectivity index (χ1) is 11.1. The van der Waals surface area contributed by atoms with Crippen LogP contribution in [-0.2, 0) is 4.79 Å². The van der Waals surface area contributed by atoms with Gasteiger partial charge in [-0.05, 0) is 24.3 Å². The minimum Gasteiger partial charge on any atom is -0.337 e. The van der Waals surface area contributed by atoms with E-state index in [0.717, 1.165) is 16.6 Å². The normalized spacial score (nSPS) is 10.7. The first kappa shape index (κ1) is 14.9. The predicted molar refractivity (Wildman–Crippen MR) is 90.5 cm³/mol. The molecule has 0 saturated heterocycles. The summed E-state index contributed by atoms with van der Waals surface area (Å²) in [5, 5.41) is 15.1. The number of para-hydroxylation sites is 1. The highest BCUT2D eigenvalue weighted by atomic mass is 16.1. The maximum absolute atomic E-state index is 11.6. The van der Waals surface area contributed by atoms with Gasteiger partial charge in [-0.2, -0.15) is 0 Å². The van der Waals surface area contributed by atoms with E-state index in [0.29, 0.717) is 11.6 Å². The molecule has 0 aliphatic carbocycles. The van der Waals surface area contributed by atoms with Crippen LogP contribution < -0.4 is 10.6 Å². The van der Waals surface area contributed by atoms with Gasteiger partial charge in [0.1, 0.15) is 0 Å². The highest BCUT2D eigenvalue weighted by molar-refractivity contribution is 5.92. The molecule has 23 heavy (non-hydrogen) atoms. The summed E-state index contributed by atoms with van der Waals surface area (Å²) in [5.74, 6) is 0.839. The fraction of sp³-hybridized carbons (Fsp3) is 0.176. The van der Waals surface area contributed by atoms with E-state index in [2.05, 4.69) is 25.8 Å². The van der Waals surface area contributed by atoms with Crippen molar-refractivity contribution in [3.8, 4) is 0 Å². The smallest absolute Gasteiger partial charge is 0.228 e. The van der Waals surface area contributed by atoms with Crippen molar-refractivity contribution in [2.75, 3.05) is 10.6 Å². The highest BCUT2D eigenvalue weighted by Crippen LogP contribution is 2.23. The molecule has 3 aromatic rings. The van der Waals surface area contributed by atoms with Gasteiger partial charge in [0.05, 0.1) is 11.2 Å². The summed E-state index contributed by atoms with van der Waals surface area (Å²) >= 11 is 0. The molecule has 0 aliphatic heterocycles. The van der Waals surface area contributed by atoms with Crippen molar-refractivity contribution in [1.29, 1.82) is 0 Å². The number of fused-ring (bicyclic) bond motifs is 1. The monoisotopic (exact) mass is 307 g/mol. The first-order valence-electron chi connectivity index (χ1n) is 7.39. The van der Waals surface area contributed by atoms with Crippen LogP contribution in [0.2, 0.25) is 0 Å². The molecule has 0 radical (unpaired) electrons. The van der Waals surface area contributed by atoms with Crippen LogP contribution >= 0.6 is 0 Å². The molecule has 2 aromatic heterocycles. The number of benzene rings is 1. The number of anilines is 3. The third kappa shape index (κ3) is 3.42. The molecule has 0 aliphatic rings. The number of amides is 1. The number of aromatic nitrogens is 3. The van der Waals surface area contributed by atoms with Crippen LogP contribution in [0.15, 0.2) is 48.7 Å². The van der Waals surface area contributed by atoms with Gasteiger partial charge in [-0.3, -0.25) is 9.78 Å². The van der Waals surface area contributed by atoms with Crippen molar-refractivity contribution in [1.82, 2.24) is 15.2 Å². The van der Waals surface area contributed by atoms with E-state index in [1.807, 2.05) is 44.2 Å². The van der Waals surface area contributed by atoms with Crippen LogP contribution in [-0.4, -0.2) is 21.1 Å². The zero-order chi connectivity index (χ0) is 16.2. The molecule has 2 N–H and O–H groups in total. The van der Waals surface area contributed by atoms with Gasteiger partial charge in [-0.1, -0.05) is 32.0 Å². The number of nitrogens with zero attached hydrogens (tertiary/aromatic N) is 3. The minimum absolute atomic E-state index is 0.0849. The van der Waals surface area contributed by atoms with Crippen LogP contribution in [0, 0.1) is 5.92 Å². The second kappa shape index (κ2) is 6.39. The molecule has 116 valence electrons. The van der Waals surface area contributed by atoms with E-state index in [1.165, 1.54) is 0 Å². The molecule has 1 aromatic carbocycles. The number of nitrogens with one attached hydrogen (secondary N) is 2. The third-order valence-electron chi connectivity index (χ3n) is 3.34. The summed E-state index contributed by atoms with van der Waals surface area (Å²) < 4.78 is 0. The predicted octanol–water partition coefficient (Wildman–Crippen LogP) is 3.36. The Morgan fingerprint density at radius 1 is 1.00 bits per heavy atom. The van der Waals surface area contributed by atoms with Gasteiger partial charge in [-0.15, -0.1) is 10.2 Å². The summed E-state index contributed by atoms with van der Waals surface area (Å²) in [4.78, 5) is 16.0. The van der Waals surface area contributed by atoms with E-state index in [1.54, 1.807) is 18.3 Å². The number of hydrogen-bond donors (Lipinski definition) is 2. The lowest BCUT2D eigenvalue weighted by atomic mass is 10.2. The molecule has 6 nitrogen and oxygen atoms in total. The summed E-state index contributed by atoms with van der Waals surface area (Å²) in [5.41, 5.74) is 1.73. The molecule has 3 rings (SSSR count). The molecular formula is C17H17N5O. The second-order valence-corrected chi connectivity index (χ2v) is 5.45. The fourth-order valence-electron chi connectivity index (χ4n) is 2.08. The van der Waals surface area contributed by atoms with Gasteiger partial charge >= 0.3 is 0 Å². The average Bonchev–Trinajstić information content (AvgIpc) is 2.57. The van der Waals surface area contributed by atoms with Crippen LogP contribution in [0.1, 0.15) is 13.8 Å². The Bertz CT molecular complexity index is 825. The van der Waals surface area contributed by atoms with Crippen molar-refractivity contribution < 1.29 is 4.79 Å². The maximum Gasteiger partial charge on any atom is 0.228 e. The SMILES string of the molecule is CC(C)C(=O)Nc1ccc(Nc2cccc3cccnc23)nn1. The Labute approximate surface area is 134 Å².